The number of nitrogens with one attached hydrogen (secondary N) is 2. The molecular weight excluding hydrogens is 192 g/mol. The highest BCUT2D eigenvalue weighted by molar-refractivity contribution is 4.91. The minimum absolute atomic E-state index is 0.288. The first-order chi connectivity index (χ1) is 7.40. The van der Waals surface area contributed by atoms with Crippen LogP contribution >= 0.6 is 0 Å². The average molecular weight is 210 g/mol. The molecule has 1 aliphatic rings. The van der Waals surface area contributed by atoms with Gasteiger partial charge in [0.15, 0.2) is 0 Å². The molecule has 0 aromatic carbocycles. The van der Waals surface area contributed by atoms with Gasteiger partial charge < -0.3 is 10.1 Å². The van der Waals surface area contributed by atoms with Crippen molar-refractivity contribution in [2.24, 2.45) is 5.92 Å². The van der Waals surface area contributed by atoms with Gasteiger partial charge in [0.2, 0.25) is 0 Å². The molecule has 0 radical (unpaired) electrons. The van der Waals surface area contributed by atoms with E-state index in [2.05, 4.69) is 20.5 Å². The third kappa shape index (κ3) is 2.76. The molecule has 5 heteroatoms. The second-order valence-corrected chi connectivity index (χ2v) is 4.00. The van der Waals surface area contributed by atoms with Crippen LogP contribution in [0.3, 0.4) is 0 Å². The summed E-state index contributed by atoms with van der Waals surface area (Å²) in [7, 11) is 1.96. The minimum atomic E-state index is 0.288. The highest BCUT2D eigenvalue weighted by Gasteiger charge is 2.20. The van der Waals surface area contributed by atoms with Crippen molar-refractivity contribution in [2.45, 2.75) is 25.3 Å². The average Bonchev–Trinajstić information content (AvgIpc) is 2.81. The van der Waals surface area contributed by atoms with Crippen molar-refractivity contribution in [3.05, 3.63) is 12.2 Å². The van der Waals surface area contributed by atoms with Gasteiger partial charge >= 0.3 is 0 Å². The molecule has 1 saturated heterocycles. The van der Waals surface area contributed by atoms with Crippen LogP contribution in [0.1, 0.15) is 31.1 Å². The standard InChI is InChI=1S/C10H18N4O/c1-11-9(10-12-7-13-14-10)6-8-2-4-15-5-3-8/h7-9,11H,2-6H2,1H3,(H,12,13,14). The summed E-state index contributed by atoms with van der Waals surface area (Å²) in [5, 5.41) is 10.1. The summed E-state index contributed by atoms with van der Waals surface area (Å²) in [6.45, 7) is 1.80. The van der Waals surface area contributed by atoms with Crippen LogP contribution in [0.4, 0.5) is 0 Å². The lowest BCUT2D eigenvalue weighted by Gasteiger charge is -2.25. The maximum absolute atomic E-state index is 5.35. The third-order valence-electron chi connectivity index (χ3n) is 3.02. The van der Waals surface area contributed by atoms with Crippen molar-refractivity contribution in [2.75, 3.05) is 20.3 Å². The van der Waals surface area contributed by atoms with Crippen LogP contribution in [0.15, 0.2) is 6.33 Å². The summed E-state index contributed by atoms with van der Waals surface area (Å²) in [5.74, 6) is 1.67. The van der Waals surface area contributed by atoms with Gasteiger partial charge in [-0.2, -0.15) is 5.10 Å². The van der Waals surface area contributed by atoms with Crippen molar-refractivity contribution in [1.82, 2.24) is 20.5 Å². The van der Waals surface area contributed by atoms with Crippen LogP contribution in [-0.2, 0) is 4.74 Å². The number of hydrogen-bond acceptors (Lipinski definition) is 4. The van der Waals surface area contributed by atoms with Gasteiger partial charge in [-0.15, -0.1) is 0 Å². The molecule has 1 aromatic rings. The maximum Gasteiger partial charge on any atom is 0.141 e. The third-order valence-corrected chi connectivity index (χ3v) is 3.02. The van der Waals surface area contributed by atoms with E-state index < -0.39 is 0 Å². The Balaban J connectivity index is 1.90. The molecule has 84 valence electrons. The van der Waals surface area contributed by atoms with Crippen LogP contribution in [0, 0.1) is 5.92 Å². The Morgan fingerprint density at radius 3 is 3.00 bits per heavy atom. The van der Waals surface area contributed by atoms with Gasteiger partial charge in [0.1, 0.15) is 12.2 Å². The molecule has 2 rings (SSSR count). The van der Waals surface area contributed by atoms with E-state index >= 15 is 0 Å². The molecule has 1 fully saturated rings. The Morgan fingerprint density at radius 1 is 1.60 bits per heavy atom. The molecule has 1 unspecified atom stereocenters. The lowest BCUT2D eigenvalue weighted by molar-refractivity contribution is 0.0605. The van der Waals surface area contributed by atoms with Crippen LogP contribution in [-0.4, -0.2) is 35.4 Å². The first-order valence-electron chi connectivity index (χ1n) is 5.50. The molecule has 15 heavy (non-hydrogen) atoms. The van der Waals surface area contributed by atoms with Crippen LogP contribution in [0.25, 0.3) is 0 Å². The van der Waals surface area contributed by atoms with Gasteiger partial charge in [0, 0.05) is 13.2 Å². The smallest absolute Gasteiger partial charge is 0.141 e. The number of rotatable bonds is 4. The van der Waals surface area contributed by atoms with E-state index in [1.807, 2.05) is 7.05 Å². The normalized spacial score (nSPS) is 20.3. The predicted molar refractivity (Wildman–Crippen MR) is 56.3 cm³/mol. The van der Waals surface area contributed by atoms with Gasteiger partial charge in [-0.1, -0.05) is 0 Å². The molecule has 0 bridgehead atoms. The fraction of sp³-hybridized carbons (Fsp3) is 0.800. The fourth-order valence-corrected chi connectivity index (χ4v) is 2.06. The maximum atomic E-state index is 5.35. The molecule has 0 saturated carbocycles. The zero-order valence-corrected chi connectivity index (χ0v) is 9.07. The zero-order valence-electron chi connectivity index (χ0n) is 9.07. The lowest BCUT2D eigenvalue weighted by atomic mass is 9.92. The number of aromatic amines is 1. The topological polar surface area (TPSA) is 62.8 Å². The number of aromatic nitrogens is 3. The Kier molecular flexibility index (Phi) is 3.69. The van der Waals surface area contributed by atoms with Crippen LogP contribution < -0.4 is 5.32 Å². The number of H-pyrrole nitrogens is 1. The van der Waals surface area contributed by atoms with E-state index in [1.54, 1.807) is 6.33 Å². The van der Waals surface area contributed by atoms with Crippen LogP contribution in [0.5, 0.6) is 0 Å². The molecule has 0 spiro atoms. The second-order valence-electron chi connectivity index (χ2n) is 4.00. The molecular formula is C10H18N4O. The van der Waals surface area contributed by atoms with E-state index in [9.17, 15) is 0 Å². The molecule has 2 N–H and O–H groups in total. The molecule has 1 atom stereocenters. The summed E-state index contributed by atoms with van der Waals surface area (Å²) in [6, 6.07) is 0.288. The zero-order chi connectivity index (χ0) is 10.5. The Labute approximate surface area is 89.6 Å². The van der Waals surface area contributed by atoms with Gasteiger partial charge in [0.05, 0.1) is 6.04 Å². The Bertz CT molecular complexity index is 269. The SMILES string of the molecule is CNC(CC1CCOCC1)c1ncn[nH]1. The lowest BCUT2D eigenvalue weighted by Crippen LogP contribution is -2.24. The van der Waals surface area contributed by atoms with Crippen molar-refractivity contribution >= 4 is 0 Å². The molecule has 0 amide bonds. The summed E-state index contributed by atoms with van der Waals surface area (Å²) in [6.07, 6.45) is 4.98. The minimum Gasteiger partial charge on any atom is -0.381 e. The summed E-state index contributed by atoms with van der Waals surface area (Å²) < 4.78 is 5.35. The quantitative estimate of drug-likeness (QED) is 0.774. The highest BCUT2D eigenvalue weighted by Crippen LogP contribution is 2.25. The van der Waals surface area contributed by atoms with Gasteiger partial charge in [-0.3, -0.25) is 5.10 Å². The van der Waals surface area contributed by atoms with Crippen molar-refractivity contribution in [3.63, 3.8) is 0 Å². The number of ether oxygens (including phenoxy) is 1. The molecule has 1 aromatic heterocycles. The van der Waals surface area contributed by atoms with E-state index in [4.69, 9.17) is 4.74 Å². The fourth-order valence-electron chi connectivity index (χ4n) is 2.06. The summed E-state index contributed by atoms with van der Waals surface area (Å²) >= 11 is 0. The van der Waals surface area contributed by atoms with Gasteiger partial charge in [0.25, 0.3) is 0 Å². The van der Waals surface area contributed by atoms with E-state index in [0.717, 1.165) is 44.2 Å². The largest absolute Gasteiger partial charge is 0.381 e. The first kappa shape index (κ1) is 10.6. The Morgan fingerprint density at radius 2 is 2.40 bits per heavy atom. The molecule has 1 aliphatic heterocycles. The number of hydrogen-bond donors (Lipinski definition) is 2. The second kappa shape index (κ2) is 5.23. The van der Waals surface area contributed by atoms with Crippen molar-refractivity contribution < 1.29 is 4.74 Å². The van der Waals surface area contributed by atoms with E-state index in [0.29, 0.717) is 0 Å². The van der Waals surface area contributed by atoms with Gasteiger partial charge in [-0.25, -0.2) is 4.98 Å². The molecule has 0 aliphatic carbocycles. The monoisotopic (exact) mass is 210 g/mol. The molecule has 5 nitrogen and oxygen atoms in total. The summed E-state index contributed by atoms with van der Waals surface area (Å²) in [4.78, 5) is 4.19. The van der Waals surface area contributed by atoms with E-state index in [-0.39, 0.29) is 6.04 Å². The van der Waals surface area contributed by atoms with E-state index in [1.165, 1.54) is 0 Å². The summed E-state index contributed by atoms with van der Waals surface area (Å²) in [5.41, 5.74) is 0. The first-order valence-corrected chi connectivity index (χ1v) is 5.50. The predicted octanol–water partition coefficient (Wildman–Crippen LogP) is 0.882. The number of nitrogens with zero attached hydrogens (tertiary/aromatic N) is 2. The van der Waals surface area contributed by atoms with Crippen LogP contribution in [0.2, 0.25) is 0 Å². The molecule has 2 heterocycles. The van der Waals surface area contributed by atoms with Gasteiger partial charge in [-0.05, 0) is 32.2 Å². The highest BCUT2D eigenvalue weighted by atomic mass is 16.5. The van der Waals surface area contributed by atoms with Crippen molar-refractivity contribution in [1.29, 1.82) is 0 Å². The van der Waals surface area contributed by atoms with Crippen molar-refractivity contribution in [3.8, 4) is 0 Å². The Hall–Kier alpha value is -0.940.